The molecule has 3 saturated carbocycles. The van der Waals surface area contributed by atoms with Gasteiger partial charge in [0.1, 0.15) is 0 Å². The fourth-order valence-electron chi connectivity index (χ4n) is 8.34. The van der Waals surface area contributed by atoms with Crippen molar-refractivity contribution < 1.29 is 77.5 Å². The average Bonchev–Trinajstić information content (AvgIpc) is 3.23. The van der Waals surface area contributed by atoms with Gasteiger partial charge in [-0.2, -0.15) is 0 Å². The Balaban J connectivity index is 0.00000353. The second-order valence-corrected chi connectivity index (χ2v) is 12.3. The van der Waals surface area contributed by atoms with Crippen molar-refractivity contribution >= 4 is 23.5 Å². The Morgan fingerprint density at radius 1 is 1.18 bits per heavy atom. The van der Waals surface area contributed by atoms with Gasteiger partial charge in [0, 0.05) is 22.7 Å². The van der Waals surface area contributed by atoms with Crippen molar-refractivity contribution in [2.75, 3.05) is 6.61 Å². The summed E-state index contributed by atoms with van der Waals surface area (Å²) in [7, 11) is 0. The van der Waals surface area contributed by atoms with Gasteiger partial charge in [0.15, 0.2) is 29.4 Å². The second-order valence-electron chi connectivity index (χ2n) is 12.3. The number of halogens is 1. The quantitative estimate of drug-likeness (QED) is 0.306. The third kappa shape index (κ3) is 4.24. The number of aliphatic hydroxyl groups is 1. The number of carboxylic acids is 1. The van der Waals surface area contributed by atoms with Gasteiger partial charge in [0.05, 0.1) is 18.6 Å². The minimum absolute atomic E-state index is 0. The van der Waals surface area contributed by atoms with Crippen LogP contribution in [0.5, 0.6) is 0 Å². The average molecular weight is 557 g/mol. The van der Waals surface area contributed by atoms with E-state index in [0.29, 0.717) is 24.8 Å². The fourth-order valence-corrected chi connectivity index (χ4v) is 8.34. The second kappa shape index (κ2) is 9.84. The van der Waals surface area contributed by atoms with E-state index in [1.165, 1.54) is 12.2 Å². The van der Waals surface area contributed by atoms with Crippen LogP contribution in [0.15, 0.2) is 23.8 Å². The molecule has 0 bridgehead atoms. The molecule has 11 heteroatoms. The van der Waals surface area contributed by atoms with Crippen LogP contribution < -0.4 is 34.7 Å². The van der Waals surface area contributed by atoms with Crippen molar-refractivity contribution in [2.45, 2.75) is 95.5 Å². The summed E-state index contributed by atoms with van der Waals surface area (Å²) in [6.07, 6.45) is 2.27. The molecule has 0 aromatic carbocycles. The number of alkyl halides is 1. The summed E-state index contributed by atoms with van der Waals surface area (Å²) in [5, 5.41) is 22.2. The molecule has 0 radical (unpaired) electrons. The molecule has 5 aliphatic rings. The Hall–Kier alpha value is -1.43. The maximum Gasteiger partial charge on any atom is 1.00 e. The number of Topliss-reactive ketones (excluding diaryl/α,β-unsaturated/α-hetero) is 1. The van der Waals surface area contributed by atoms with Gasteiger partial charge in [-0.05, 0) is 70.9 Å². The number of rotatable bonds is 6. The third-order valence-corrected chi connectivity index (χ3v) is 9.95. The Labute approximate surface area is 248 Å². The molecule has 4 aliphatic carbocycles. The zero-order chi connectivity index (χ0) is 27.9. The van der Waals surface area contributed by atoms with Crippen LogP contribution in [0.25, 0.3) is 0 Å². The molecule has 4 fully saturated rings. The molecular weight excluding hydrogens is 522 g/mol. The predicted octanol–water partition coefficient (Wildman–Crippen LogP) is -1.50. The molecule has 1 saturated heterocycles. The van der Waals surface area contributed by atoms with Crippen molar-refractivity contribution in [1.82, 2.24) is 0 Å². The molecular formula is C28H34FNaO9. The van der Waals surface area contributed by atoms with Gasteiger partial charge in [0.25, 0.3) is 0 Å². The summed E-state index contributed by atoms with van der Waals surface area (Å²) in [4.78, 5) is 48.6. The number of carboxylic acid groups (broad SMARTS) is 1. The number of esters is 1. The molecule has 1 N–H and O–H groups in total. The molecule has 1 heterocycles. The van der Waals surface area contributed by atoms with Crippen molar-refractivity contribution in [2.24, 2.45) is 22.7 Å². The zero-order valence-electron chi connectivity index (χ0n) is 23.1. The van der Waals surface area contributed by atoms with Gasteiger partial charge in [-0.25, -0.2) is 4.39 Å². The summed E-state index contributed by atoms with van der Waals surface area (Å²) in [5.41, 5.74) is -5.24. The standard InChI is InChI=1S/C28H35FO9.Na/c1-24(2)37-21-12-18-17-6-5-15-11-16(30)9-10-25(15,3)27(17,29)19(31)13-26(18,4)28(21,38-24)20(32)14-36-23(35)8-7-22(33)34;/h9-11,17-19,21,31H,5-8,12-14H2,1-4H3,(H,33,34);/q;+1/p-1/t17-,18-,19-,21+,25-,26-,27-,28+;/m0./s1. The smallest absolute Gasteiger partial charge is 0.550 e. The minimum Gasteiger partial charge on any atom is -0.550 e. The molecule has 8 atom stereocenters. The molecule has 0 aromatic heterocycles. The molecule has 0 aromatic rings. The van der Waals surface area contributed by atoms with Crippen LogP contribution in [0.3, 0.4) is 0 Å². The number of aliphatic carboxylic acids is 1. The molecule has 5 rings (SSSR count). The van der Waals surface area contributed by atoms with E-state index in [4.69, 9.17) is 14.2 Å². The SMILES string of the molecule is CC1(C)O[C@@H]2C[C@H]3[C@@H]4CCC5=CC(=O)C=C[C@]5(C)[C@@]4(F)[C@@H](O)C[C@]3(C)[C@]2(C(=O)COC(=O)CCC(=O)[O-])O1.[Na+]. The van der Waals surface area contributed by atoms with E-state index in [-0.39, 0.29) is 41.8 Å². The molecule has 39 heavy (non-hydrogen) atoms. The molecule has 0 spiro atoms. The summed E-state index contributed by atoms with van der Waals surface area (Å²) in [6, 6.07) is 0. The maximum atomic E-state index is 17.4. The number of aliphatic hydroxyl groups excluding tert-OH is 1. The fraction of sp³-hybridized carbons (Fsp3) is 0.714. The van der Waals surface area contributed by atoms with Gasteiger partial charge < -0.3 is 29.2 Å². The van der Waals surface area contributed by atoms with Gasteiger partial charge in [-0.3, -0.25) is 14.4 Å². The van der Waals surface area contributed by atoms with Crippen LogP contribution in [0.2, 0.25) is 0 Å². The van der Waals surface area contributed by atoms with E-state index in [2.05, 4.69) is 0 Å². The summed E-state index contributed by atoms with van der Waals surface area (Å²) < 4.78 is 35.0. The molecule has 0 amide bonds. The van der Waals surface area contributed by atoms with E-state index in [1.807, 2.05) is 6.92 Å². The van der Waals surface area contributed by atoms with E-state index < -0.39 is 89.1 Å². The zero-order valence-corrected chi connectivity index (χ0v) is 25.1. The van der Waals surface area contributed by atoms with E-state index in [1.54, 1.807) is 26.8 Å². The van der Waals surface area contributed by atoms with Crippen LogP contribution in [0, 0.1) is 22.7 Å². The van der Waals surface area contributed by atoms with Crippen LogP contribution in [-0.2, 0) is 33.4 Å². The first kappa shape index (κ1) is 30.5. The summed E-state index contributed by atoms with van der Waals surface area (Å²) in [5.74, 6) is -5.24. The number of hydrogen-bond donors (Lipinski definition) is 1. The van der Waals surface area contributed by atoms with Crippen LogP contribution in [0.4, 0.5) is 4.39 Å². The van der Waals surface area contributed by atoms with E-state index in [9.17, 15) is 29.4 Å². The number of hydrogen-bond acceptors (Lipinski definition) is 9. The number of carbonyl (C=O) groups is 4. The third-order valence-electron chi connectivity index (χ3n) is 9.95. The topological polar surface area (TPSA) is 139 Å². The number of carbonyl (C=O) groups excluding carboxylic acids is 4. The number of fused-ring (bicyclic) bond motifs is 7. The maximum absolute atomic E-state index is 17.4. The first-order chi connectivity index (χ1) is 17.6. The Morgan fingerprint density at radius 3 is 2.54 bits per heavy atom. The van der Waals surface area contributed by atoms with Gasteiger partial charge in [0.2, 0.25) is 5.78 Å². The Bertz CT molecular complexity index is 1170. The molecule has 9 nitrogen and oxygen atoms in total. The van der Waals surface area contributed by atoms with Crippen LogP contribution >= 0.6 is 0 Å². The van der Waals surface area contributed by atoms with Crippen molar-refractivity contribution in [3.8, 4) is 0 Å². The van der Waals surface area contributed by atoms with Crippen molar-refractivity contribution in [3.05, 3.63) is 23.8 Å². The molecule has 1 aliphatic heterocycles. The normalized spacial score (nSPS) is 43.2. The first-order valence-corrected chi connectivity index (χ1v) is 13.2. The van der Waals surface area contributed by atoms with Gasteiger partial charge >= 0.3 is 35.5 Å². The summed E-state index contributed by atoms with van der Waals surface area (Å²) in [6.45, 7) is 6.21. The predicted molar refractivity (Wildman–Crippen MR) is 127 cm³/mol. The minimum atomic E-state index is -2.08. The Kier molecular flexibility index (Phi) is 7.70. The number of ketones is 2. The first-order valence-electron chi connectivity index (χ1n) is 13.2. The van der Waals surface area contributed by atoms with Gasteiger partial charge in [-0.15, -0.1) is 0 Å². The number of allylic oxidation sites excluding steroid dienone is 4. The van der Waals surface area contributed by atoms with Crippen molar-refractivity contribution in [1.29, 1.82) is 0 Å². The monoisotopic (exact) mass is 556 g/mol. The largest absolute Gasteiger partial charge is 1.00 e. The van der Waals surface area contributed by atoms with Crippen LogP contribution in [0.1, 0.15) is 66.2 Å². The van der Waals surface area contributed by atoms with Crippen molar-refractivity contribution in [3.63, 3.8) is 0 Å². The molecule has 0 unspecified atom stereocenters. The van der Waals surface area contributed by atoms with Crippen LogP contribution in [-0.4, -0.2) is 64.5 Å². The molecule has 208 valence electrons. The number of ether oxygens (including phenoxy) is 3. The summed E-state index contributed by atoms with van der Waals surface area (Å²) >= 11 is 0. The Morgan fingerprint density at radius 2 is 1.87 bits per heavy atom. The van der Waals surface area contributed by atoms with E-state index in [0.717, 1.165) is 0 Å². The van der Waals surface area contributed by atoms with E-state index >= 15 is 4.39 Å². The van der Waals surface area contributed by atoms with Gasteiger partial charge in [-0.1, -0.05) is 18.6 Å².